The van der Waals surface area contributed by atoms with Crippen LogP contribution in [0.3, 0.4) is 0 Å². The molecule has 0 radical (unpaired) electrons. The number of hydrogen-bond donors (Lipinski definition) is 3. The second-order valence-corrected chi connectivity index (χ2v) is 9.02. The van der Waals surface area contributed by atoms with Crippen LogP contribution in [0.5, 0.6) is 17.2 Å². The Balaban J connectivity index is 1.84. The van der Waals surface area contributed by atoms with Crippen molar-refractivity contribution < 1.29 is 29.3 Å². The number of ketones is 1. The highest BCUT2D eigenvalue weighted by Crippen LogP contribution is 2.49. The lowest BCUT2D eigenvalue weighted by atomic mass is 9.94. The maximum Gasteiger partial charge on any atom is 0.300 e. The molecule has 0 saturated carbocycles. The van der Waals surface area contributed by atoms with Crippen molar-refractivity contribution in [2.24, 2.45) is 0 Å². The van der Waals surface area contributed by atoms with E-state index in [1.54, 1.807) is 18.3 Å². The highest BCUT2D eigenvalue weighted by molar-refractivity contribution is 6.52. The third-order valence-electron chi connectivity index (χ3n) is 6.30. The van der Waals surface area contributed by atoms with Gasteiger partial charge in [-0.25, -0.2) is 0 Å². The summed E-state index contributed by atoms with van der Waals surface area (Å²) in [5.41, 5.74) is 1.17. The van der Waals surface area contributed by atoms with Gasteiger partial charge in [-0.2, -0.15) is 0 Å². The summed E-state index contributed by atoms with van der Waals surface area (Å²) in [6.07, 6.45) is 1.66. The molecule has 1 amide bonds. The Labute approximate surface area is 221 Å². The minimum Gasteiger partial charge on any atom is -0.507 e. The molecule has 1 aliphatic rings. The van der Waals surface area contributed by atoms with Crippen LogP contribution < -0.4 is 14.4 Å². The zero-order valence-corrected chi connectivity index (χ0v) is 21.1. The molecule has 4 aromatic rings. The number of aromatic amines is 1. The first kappa shape index (κ1) is 24.5. The number of aromatic hydroxyl groups is 1. The molecule has 3 N–H and O–H groups in total. The van der Waals surface area contributed by atoms with E-state index in [0.717, 1.165) is 15.8 Å². The summed E-state index contributed by atoms with van der Waals surface area (Å²) >= 11 is 12.8. The van der Waals surface area contributed by atoms with E-state index >= 15 is 0 Å². The first-order valence-corrected chi connectivity index (χ1v) is 11.8. The number of methoxy groups -OCH3 is 2. The second kappa shape index (κ2) is 9.38. The molecule has 1 aromatic heterocycles. The number of carbonyl (C=O) groups excluding carboxylic acids is 2. The van der Waals surface area contributed by atoms with Crippen molar-refractivity contribution in [3.05, 3.63) is 87.5 Å². The summed E-state index contributed by atoms with van der Waals surface area (Å²) in [5.74, 6) is -2.51. The van der Waals surface area contributed by atoms with Crippen molar-refractivity contribution in [3.8, 4) is 17.2 Å². The van der Waals surface area contributed by atoms with Gasteiger partial charge in [0.15, 0.2) is 11.5 Å². The fourth-order valence-corrected chi connectivity index (χ4v) is 5.34. The zero-order chi connectivity index (χ0) is 26.4. The molecule has 0 bridgehead atoms. The fourth-order valence-electron chi connectivity index (χ4n) is 4.65. The van der Waals surface area contributed by atoms with Gasteiger partial charge in [0.05, 0.1) is 42.1 Å². The van der Waals surface area contributed by atoms with Crippen LogP contribution >= 0.6 is 23.2 Å². The average molecular weight is 539 g/mol. The highest BCUT2D eigenvalue weighted by Gasteiger charge is 2.48. The third kappa shape index (κ3) is 3.77. The van der Waals surface area contributed by atoms with E-state index < -0.39 is 23.5 Å². The van der Waals surface area contributed by atoms with Crippen LogP contribution in [0.15, 0.2) is 66.4 Å². The van der Waals surface area contributed by atoms with Crippen LogP contribution in [0, 0.1) is 0 Å². The Morgan fingerprint density at radius 3 is 2.38 bits per heavy atom. The van der Waals surface area contributed by atoms with Crippen LogP contribution in [0.4, 0.5) is 5.69 Å². The highest BCUT2D eigenvalue weighted by atomic mass is 35.5. The number of ether oxygens (including phenoxy) is 2. The van der Waals surface area contributed by atoms with Gasteiger partial charge in [-0.15, -0.1) is 0 Å². The van der Waals surface area contributed by atoms with Crippen molar-refractivity contribution in [1.82, 2.24) is 4.98 Å². The van der Waals surface area contributed by atoms with Gasteiger partial charge in [0.25, 0.3) is 11.7 Å². The van der Waals surface area contributed by atoms with E-state index in [1.807, 2.05) is 24.3 Å². The van der Waals surface area contributed by atoms with Gasteiger partial charge < -0.3 is 24.7 Å². The second-order valence-electron chi connectivity index (χ2n) is 8.23. The van der Waals surface area contributed by atoms with Gasteiger partial charge in [0.2, 0.25) is 0 Å². The number of phenolic OH excluding ortho intramolecular Hbond substituents is 1. The Bertz CT molecular complexity index is 1610. The summed E-state index contributed by atoms with van der Waals surface area (Å²) < 4.78 is 10.7. The van der Waals surface area contributed by atoms with Gasteiger partial charge in [-0.05, 0) is 24.3 Å². The largest absolute Gasteiger partial charge is 0.507 e. The number of halogens is 2. The minimum atomic E-state index is -1.10. The maximum atomic E-state index is 13.5. The Kier molecular flexibility index (Phi) is 6.23. The molecule has 0 aliphatic carbocycles. The summed E-state index contributed by atoms with van der Waals surface area (Å²) in [6.45, 7) is 0. The molecular weight excluding hydrogens is 519 g/mol. The number of aliphatic hydroxyl groups is 1. The van der Waals surface area contributed by atoms with E-state index in [9.17, 15) is 19.8 Å². The number of amides is 1. The lowest BCUT2D eigenvalue weighted by Crippen LogP contribution is -2.29. The molecule has 188 valence electrons. The molecule has 3 aromatic carbocycles. The number of phenols is 1. The standard InChI is InChI=1S/C27H20Cl2N2O6/c1-36-25-14(11-16(28)26(37-2)21(25)29)23(33)20-22(15-12-30-17-8-4-3-7-13(15)17)31(27(35)24(20)34)18-9-5-6-10-19(18)32/h3-12,22,30,32-33H,1-2H3/b23-20+. The summed E-state index contributed by atoms with van der Waals surface area (Å²) in [4.78, 5) is 31.3. The number of nitrogens with zero attached hydrogens (tertiary/aromatic N) is 1. The molecule has 1 unspecified atom stereocenters. The van der Waals surface area contributed by atoms with E-state index in [-0.39, 0.29) is 44.1 Å². The molecule has 1 fully saturated rings. The number of fused-ring (bicyclic) bond motifs is 1. The molecule has 1 atom stereocenters. The van der Waals surface area contributed by atoms with Crippen LogP contribution in [0.2, 0.25) is 10.0 Å². The van der Waals surface area contributed by atoms with E-state index in [1.165, 1.54) is 32.4 Å². The maximum absolute atomic E-state index is 13.5. The lowest BCUT2D eigenvalue weighted by Gasteiger charge is -2.25. The number of para-hydroxylation sites is 3. The number of aromatic nitrogens is 1. The van der Waals surface area contributed by atoms with Crippen LogP contribution in [-0.2, 0) is 9.59 Å². The number of anilines is 1. The molecule has 8 nitrogen and oxygen atoms in total. The smallest absolute Gasteiger partial charge is 0.300 e. The molecule has 10 heteroatoms. The van der Waals surface area contributed by atoms with Gasteiger partial charge in [-0.3, -0.25) is 14.5 Å². The fraction of sp³-hybridized carbons (Fsp3) is 0.111. The normalized spacial score (nSPS) is 17.0. The zero-order valence-electron chi connectivity index (χ0n) is 19.6. The number of nitrogens with one attached hydrogen (secondary N) is 1. The topological polar surface area (TPSA) is 112 Å². The van der Waals surface area contributed by atoms with Gasteiger partial charge in [-0.1, -0.05) is 53.5 Å². The van der Waals surface area contributed by atoms with Crippen molar-refractivity contribution in [3.63, 3.8) is 0 Å². The first-order chi connectivity index (χ1) is 17.8. The van der Waals surface area contributed by atoms with Crippen LogP contribution in [0.25, 0.3) is 16.7 Å². The predicted molar refractivity (Wildman–Crippen MR) is 141 cm³/mol. The number of hydrogen-bond acceptors (Lipinski definition) is 6. The number of H-pyrrole nitrogens is 1. The molecule has 1 aliphatic heterocycles. The number of carbonyl (C=O) groups is 2. The van der Waals surface area contributed by atoms with Crippen molar-refractivity contribution in [1.29, 1.82) is 0 Å². The Hall–Kier alpha value is -4.14. The van der Waals surface area contributed by atoms with E-state index in [2.05, 4.69) is 4.98 Å². The molecule has 0 spiro atoms. The number of rotatable bonds is 5. The summed E-state index contributed by atoms with van der Waals surface area (Å²) in [6, 6.07) is 13.7. The van der Waals surface area contributed by atoms with E-state index in [4.69, 9.17) is 32.7 Å². The summed E-state index contributed by atoms with van der Waals surface area (Å²) in [7, 11) is 2.71. The predicted octanol–water partition coefficient (Wildman–Crippen LogP) is 5.82. The minimum absolute atomic E-state index is 0.00146. The average Bonchev–Trinajstić information content (AvgIpc) is 3.42. The SMILES string of the molecule is COc1c(Cl)cc(/C(O)=C2\C(=O)C(=O)N(c3ccccc3O)C2c2c[nH]c3ccccc23)c(OC)c1Cl. The summed E-state index contributed by atoms with van der Waals surface area (Å²) in [5, 5.41) is 22.9. The van der Waals surface area contributed by atoms with Crippen LogP contribution in [-0.4, -0.2) is 41.1 Å². The molecular formula is C27H20Cl2N2O6. The number of Topliss-reactive ketones (excluding diaryl/α,β-unsaturated/α-hetero) is 1. The van der Waals surface area contributed by atoms with Gasteiger partial charge >= 0.3 is 0 Å². The lowest BCUT2D eigenvalue weighted by molar-refractivity contribution is -0.132. The monoisotopic (exact) mass is 538 g/mol. The van der Waals surface area contributed by atoms with Gasteiger partial charge in [0, 0.05) is 22.7 Å². The van der Waals surface area contributed by atoms with Crippen molar-refractivity contribution >= 4 is 57.2 Å². The number of benzene rings is 3. The Morgan fingerprint density at radius 2 is 1.68 bits per heavy atom. The quantitative estimate of drug-likeness (QED) is 0.167. The molecule has 5 rings (SSSR count). The van der Waals surface area contributed by atoms with Crippen LogP contribution in [0.1, 0.15) is 17.2 Å². The van der Waals surface area contributed by atoms with E-state index in [0.29, 0.717) is 5.56 Å². The Morgan fingerprint density at radius 1 is 1.00 bits per heavy atom. The third-order valence-corrected chi connectivity index (χ3v) is 6.92. The number of aliphatic hydroxyl groups excluding tert-OH is 1. The molecule has 37 heavy (non-hydrogen) atoms. The first-order valence-electron chi connectivity index (χ1n) is 11.1. The van der Waals surface area contributed by atoms with Crippen molar-refractivity contribution in [2.45, 2.75) is 6.04 Å². The molecule has 2 heterocycles. The van der Waals surface area contributed by atoms with Gasteiger partial charge in [0.1, 0.15) is 16.5 Å². The van der Waals surface area contributed by atoms with Crippen molar-refractivity contribution in [2.75, 3.05) is 19.1 Å². The molecule has 1 saturated heterocycles.